The Kier molecular flexibility index (Phi) is 7.07. The third-order valence-corrected chi connectivity index (χ3v) is 5.70. The van der Waals surface area contributed by atoms with Crippen LogP contribution in [-0.4, -0.2) is 70.0 Å². The number of azide groups is 1. The van der Waals surface area contributed by atoms with Crippen molar-refractivity contribution in [3.63, 3.8) is 0 Å². The average molecular weight is 504 g/mol. The second-order valence-corrected chi connectivity index (χ2v) is 7.78. The molecule has 15 heteroatoms. The molecule has 0 saturated carbocycles. The van der Waals surface area contributed by atoms with E-state index in [1.807, 2.05) is 6.07 Å². The van der Waals surface area contributed by atoms with Crippen LogP contribution in [0.5, 0.6) is 11.5 Å². The van der Waals surface area contributed by atoms with E-state index in [1.54, 1.807) is 26.4 Å². The minimum Gasteiger partial charge on any atom is -0.497 e. The van der Waals surface area contributed by atoms with Gasteiger partial charge in [0.15, 0.2) is 23.2 Å². The van der Waals surface area contributed by atoms with E-state index in [9.17, 15) is 9.90 Å². The van der Waals surface area contributed by atoms with Gasteiger partial charge in [0.05, 0.1) is 20.5 Å². The molecular formula is C20H22ClN9O5. The van der Waals surface area contributed by atoms with E-state index in [-0.39, 0.29) is 10.9 Å². The first kappa shape index (κ1) is 24.3. The Hall–Kier alpha value is -3.84. The highest BCUT2D eigenvalue weighted by atomic mass is 35.5. The number of fused-ring (bicyclic) bond motifs is 1. The molecule has 4 unspecified atom stereocenters. The molecule has 0 radical (unpaired) electrons. The van der Waals surface area contributed by atoms with E-state index in [4.69, 9.17) is 31.3 Å². The predicted molar refractivity (Wildman–Crippen MR) is 124 cm³/mol. The Bertz CT molecular complexity index is 1300. The van der Waals surface area contributed by atoms with Crippen molar-refractivity contribution in [2.75, 3.05) is 26.6 Å². The van der Waals surface area contributed by atoms with Gasteiger partial charge in [0.2, 0.25) is 11.2 Å². The van der Waals surface area contributed by atoms with Gasteiger partial charge < -0.3 is 30.0 Å². The molecule has 1 aliphatic rings. The fraction of sp³-hybridized carbons (Fsp3) is 0.400. The molecule has 3 aromatic rings. The van der Waals surface area contributed by atoms with Gasteiger partial charge in [-0.2, -0.15) is 9.97 Å². The second-order valence-electron chi connectivity index (χ2n) is 7.44. The summed E-state index contributed by atoms with van der Waals surface area (Å²) in [6.07, 6.45) is -2.30. The summed E-state index contributed by atoms with van der Waals surface area (Å²) in [6.45, 7) is 0.302. The monoisotopic (exact) mass is 503 g/mol. The molecule has 0 spiro atoms. The number of aliphatic hydroxyl groups excluding tert-OH is 1. The maximum Gasteiger partial charge on any atom is 0.249 e. The lowest BCUT2D eigenvalue weighted by atomic mass is 10.1. The molecule has 0 aliphatic carbocycles. The van der Waals surface area contributed by atoms with Crippen LogP contribution >= 0.6 is 11.6 Å². The molecule has 184 valence electrons. The van der Waals surface area contributed by atoms with Crippen molar-refractivity contribution in [3.05, 3.63) is 45.8 Å². The number of carbonyl (C=O) groups is 1. The highest BCUT2D eigenvalue weighted by molar-refractivity contribution is 6.28. The predicted octanol–water partition coefficient (Wildman–Crippen LogP) is 1.79. The van der Waals surface area contributed by atoms with Crippen LogP contribution in [0.15, 0.2) is 29.6 Å². The molecule has 14 nitrogen and oxygen atoms in total. The maximum atomic E-state index is 12.2. The minimum atomic E-state index is -1.35. The van der Waals surface area contributed by atoms with Crippen molar-refractivity contribution in [2.24, 2.45) is 5.11 Å². The minimum absolute atomic E-state index is 0.0821. The summed E-state index contributed by atoms with van der Waals surface area (Å²) in [4.78, 5) is 27.8. The van der Waals surface area contributed by atoms with Crippen LogP contribution in [-0.2, 0) is 16.1 Å². The molecule has 1 aliphatic heterocycles. The van der Waals surface area contributed by atoms with Gasteiger partial charge >= 0.3 is 0 Å². The van der Waals surface area contributed by atoms with Crippen molar-refractivity contribution in [3.8, 4) is 11.5 Å². The molecule has 3 N–H and O–H groups in total. The van der Waals surface area contributed by atoms with Crippen LogP contribution in [0.3, 0.4) is 0 Å². The molecule has 4 rings (SSSR count). The first-order valence-electron chi connectivity index (χ1n) is 10.4. The van der Waals surface area contributed by atoms with Crippen molar-refractivity contribution in [1.82, 2.24) is 24.8 Å². The van der Waals surface area contributed by atoms with Crippen LogP contribution in [0, 0.1) is 0 Å². The average Bonchev–Trinajstić information content (AvgIpc) is 3.42. The number of carbonyl (C=O) groups excluding carboxylic acids is 1. The number of nitrogens with zero attached hydrogens (tertiary/aromatic N) is 7. The van der Waals surface area contributed by atoms with Crippen molar-refractivity contribution >= 4 is 34.5 Å². The lowest BCUT2D eigenvalue weighted by Gasteiger charge is -2.17. The third kappa shape index (κ3) is 4.59. The number of halogens is 1. The Balaban J connectivity index is 1.67. The first-order valence-corrected chi connectivity index (χ1v) is 10.7. The second kappa shape index (κ2) is 10.2. The molecule has 35 heavy (non-hydrogen) atoms. The summed E-state index contributed by atoms with van der Waals surface area (Å²) < 4.78 is 17.9. The molecule has 0 bridgehead atoms. The van der Waals surface area contributed by atoms with Crippen molar-refractivity contribution in [2.45, 2.75) is 31.0 Å². The van der Waals surface area contributed by atoms with Crippen LogP contribution in [0.4, 0.5) is 5.82 Å². The van der Waals surface area contributed by atoms with Gasteiger partial charge in [-0.15, -0.1) is 0 Å². The van der Waals surface area contributed by atoms with Gasteiger partial charge in [0.1, 0.15) is 29.7 Å². The number of hydrogen-bond acceptors (Lipinski definition) is 10. The van der Waals surface area contributed by atoms with Crippen LogP contribution in [0.25, 0.3) is 21.6 Å². The number of imidazole rings is 1. The molecule has 1 fully saturated rings. The molecule has 1 saturated heterocycles. The molecule has 1 amide bonds. The summed E-state index contributed by atoms with van der Waals surface area (Å²) in [5.41, 5.74) is 10.3. The highest BCUT2D eigenvalue weighted by Gasteiger charge is 2.48. The van der Waals surface area contributed by atoms with Gasteiger partial charge in [-0.3, -0.25) is 9.36 Å². The van der Waals surface area contributed by atoms with Gasteiger partial charge in [0, 0.05) is 24.1 Å². The third-order valence-electron chi connectivity index (χ3n) is 5.53. The largest absolute Gasteiger partial charge is 0.497 e. The Morgan fingerprint density at radius 3 is 2.86 bits per heavy atom. The lowest BCUT2D eigenvalue weighted by molar-refractivity contribution is -0.134. The number of aliphatic hydroxyl groups is 1. The van der Waals surface area contributed by atoms with Crippen molar-refractivity contribution < 1.29 is 24.1 Å². The number of rotatable bonds is 8. The SMILES string of the molecule is CNC(=O)C1OC(n2cnc3c(NCc4cc(OC)ccc4OC)nc(Cl)nc32)C(O)C1N=[N+]=[N-]. The lowest BCUT2D eigenvalue weighted by Crippen LogP contribution is -2.40. The molecule has 4 atom stereocenters. The number of benzene rings is 1. The van der Waals surface area contributed by atoms with E-state index >= 15 is 0 Å². The normalized spacial score (nSPS) is 21.4. The molecule has 1 aromatic carbocycles. The van der Waals surface area contributed by atoms with Gasteiger partial charge in [-0.1, -0.05) is 5.11 Å². The number of likely N-dealkylation sites (N-methyl/N-ethyl adjacent to an activating group) is 1. The number of aromatic nitrogens is 4. The maximum absolute atomic E-state index is 12.2. The number of nitrogens with one attached hydrogen (secondary N) is 2. The van der Waals surface area contributed by atoms with Crippen LogP contribution < -0.4 is 20.1 Å². The molecule has 2 aromatic heterocycles. The van der Waals surface area contributed by atoms with Gasteiger partial charge in [-0.25, -0.2) is 4.98 Å². The zero-order valence-corrected chi connectivity index (χ0v) is 19.7. The van der Waals surface area contributed by atoms with Gasteiger partial charge in [-0.05, 0) is 35.3 Å². The highest BCUT2D eigenvalue weighted by Crippen LogP contribution is 2.35. The summed E-state index contributed by atoms with van der Waals surface area (Å²) in [5.74, 6) is 1.08. The fourth-order valence-corrected chi connectivity index (χ4v) is 4.00. The zero-order valence-electron chi connectivity index (χ0n) is 18.9. The number of amides is 1. The molecule has 3 heterocycles. The zero-order chi connectivity index (χ0) is 25.1. The number of anilines is 1. The molecular weight excluding hydrogens is 482 g/mol. The first-order chi connectivity index (χ1) is 16.9. The Labute approximate surface area is 203 Å². The summed E-state index contributed by atoms with van der Waals surface area (Å²) >= 11 is 6.18. The van der Waals surface area contributed by atoms with E-state index in [2.05, 4.69) is 35.6 Å². The topological polar surface area (TPSA) is 181 Å². The summed E-state index contributed by atoms with van der Waals surface area (Å²) in [6, 6.07) is 4.24. The smallest absolute Gasteiger partial charge is 0.249 e. The van der Waals surface area contributed by atoms with Gasteiger partial charge in [0.25, 0.3) is 0 Å². The summed E-state index contributed by atoms with van der Waals surface area (Å²) in [7, 11) is 4.54. The number of hydrogen-bond donors (Lipinski definition) is 3. The van der Waals surface area contributed by atoms with Crippen LogP contribution in [0.1, 0.15) is 11.8 Å². The Morgan fingerprint density at radius 2 is 2.17 bits per heavy atom. The van der Waals surface area contributed by atoms with E-state index < -0.39 is 30.4 Å². The van der Waals surface area contributed by atoms with Crippen molar-refractivity contribution in [1.29, 1.82) is 0 Å². The van der Waals surface area contributed by atoms with E-state index in [1.165, 1.54) is 17.9 Å². The number of ether oxygens (including phenoxy) is 3. The summed E-state index contributed by atoms with van der Waals surface area (Å²) in [5, 5.41) is 19.8. The Morgan fingerprint density at radius 1 is 1.37 bits per heavy atom. The van der Waals surface area contributed by atoms with E-state index in [0.717, 1.165) is 5.56 Å². The quantitative estimate of drug-likeness (QED) is 0.178. The fourth-order valence-electron chi connectivity index (χ4n) is 3.84. The standard InChI is InChI=1S/C20H22ClN9O5/c1-23-18(32)15-12(28-29-22)14(31)19(35-15)30-8-25-13-16(26-20(21)27-17(13)30)24-7-9-6-10(33-2)4-5-11(9)34-3/h4-6,8,12,14-15,19,31H,7H2,1-3H3,(H,23,32)(H,24,26,27). The number of methoxy groups -OCH3 is 2. The van der Waals surface area contributed by atoms with Crippen LogP contribution in [0.2, 0.25) is 5.28 Å². The van der Waals surface area contributed by atoms with E-state index in [0.29, 0.717) is 29.4 Å².